The van der Waals surface area contributed by atoms with Crippen molar-refractivity contribution in [2.24, 2.45) is 0 Å². The fraction of sp³-hybridized carbons (Fsp3) is 0.318. The molecule has 1 fully saturated rings. The van der Waals surface area contributed by atoms with Gasteiger partial charge >= 0.3 is 0 Å². The molecule has 0 amide bonds. The standard InChI is InChI=1S/C44H48OSi/c1-30-26-40(43(2,3)4)42(45-44(5,6)7)41(27-30)46(31-18-10-8-11-19-31,32-20-12-9-13-21-32)33-28-38-36-24-16-14-22-34(36)35-23-15-17-25-37(35)39(38)29-33/h8-27,33,38-39H,28-29H2,1-7H3. The molecule has 0 saturated heterocycles. The Morgan fingerprint density at radius 2 is 1.04 bits per heavy atom. The molecule has 5 aromatic rings. The van der Waals surface area contributed by atoms with Crippen LogP contribution in [0.4, 0.5) is 0 Å². The van der Waals surface area contributed by atoms with E-state index < -0.39 is 8.07 Å². The fourth-order valence-corrected chi connectivity index (χ4v) is 14.8. The third-order valence-corrected chi connectivity index (χ3v) is 15.9. The lowest BCUT2D eigenvalue weighted by molar-refractivity contribution is 0.129. The Balaban J connectivity index is 1.56. The van der Waals surface area contributed by atoms with Gasteiger partial charge in [0.05, 0.1) is 0 Å². The Labute approximate surface area is 277 Å². The zero-order valence-electron chi connectivity index (χ0n) is 28.6. The Morgan fingerprint density at radius 3 is 1.50 bits per heavy atom. The van der Waals surface area contributed by atoms with Gasteiger partial charge in [-0.25, -0.2) is 0 Å². The molecule has 2 heteroatoms. The molecule has 0 aromatic heterocycles. The second-order valence-electron chi connectivity index (χ2n) is 15.7. The van der Waals surface area contributed by atoms with Crippen molar-refractivity contribution in [3.63, 3.8) is 0 Å². The summed E-state index contributed by atoms with van der Waals surface area (Å²) in [6.45, 7) is 15.9. The minimum Gasteiger partial charge on any atom is -0.488 e. The number of ether oxygens (including phenoxy) is 1. The van der Waals surface area contributed by atoms with E-state index in [0.29, 0.717) is 17.4 Å². The first-order valence-corrected chi connectivity index (χ1v) is 19.2. The van der Waals surface area contributed by atoms with Crippen LogP contribution in [0, 0.1) is 6.92 Å². The molecule has 0 bridgehead atoms. The smallest absolute Gasteiger partial charge is 0.156 e. The SMILES string of the molecule is Cc1cc(C(C)(C)C)c(OC(C)(C)C)c([Si](c2ccccc2)(c2ccccc2)C2CC3c4ccccc4-c4ccccc4C3C2)c1. The quantitative estimate of drug-likeness (QED) is 0.140. The first kappa shape index (κ1) is 30.8. The fourth-order valence-electron chi connectivity index (χ4n) is 8.82. The van der Waals surface area contributed by atoms with Gasteiger partial charge in [0.1, 0.15) is 11.4 Å². The van der Waals surface area contributed by atoms with Gasteiger partial charge in [-0.05, 0) is 107 Å². The highest BCUT2D eigenvalue weighted by Gasteiger charge is 2.55. The summed E-state index contributed by atoms with van der Waals surface area (Å²) in [5.74, 6) is 2.10. The Hall–Kier alpha value is -3.88. The maximum atomic E-state index is 7.22. The summed E-state index contributed by atoms with van der Waals surface area (Å²) in [6, 6.07) is 46.5. The predicted octanol–water partition coefficient (Wildman–Crippen LogP) is 9.65. The van der Waals surface area contributed by atoms with Crippen molar-refractivity contribution in [1.82, 2.24) is 0 Å². The van der Waals surface area contributed by atoms with Crippen LogP contribution in [0.3, 0.4) is 0 Å². The number of hydrogen-bond donors (Lipinski definition) is 0. The molecule has 0 aliphatic heterocycles. The molecule has 0 N–H and O–H groups in total. The molecule has 7 rings (SSSR count). The zero-order valence-corrected chi connectivity index (χ0v) is 29.6. The molecule has 0 heterocycles. The largest absolute Gasteiger partial charge is 0.488 e. The third-order valence-electron chi connectivity index (χ3n) is 10.5. The van der Waals surface area contributed by atoms with Gasteiger partial charge in [0.15, 0.2) is 8.07 Å². The summed E-state index contributed by atoms with van der Waals surface area (Å²) in [7, 11) is -2.73. The summed E-state index contributed by atoms with van der Waals surface area (Å²) >= 11 is 0. The molecule has 0 spiro atoms. The van der Waals surface area contributed by atoms with E-state index >= 15 is 0 Å². The van der Waals surface area contributed by atoms with Crippen molar-refractivity contribution in [1.29, 1.82) is 0 Å². The Morgan fingerprint density at radius 1 is 0.587 bits per heavy atom. The highest BCUT2D eigenvalue weighted by molar-refractivity contribution is 7.13. The normalized spacial score (nSPS) is 19.2. The van der Waals surface area contributed by atoms with E-state index in [-0.39, 0.29) is 11.0 Å². The summed E-state index contributed by atoms with van der Waals surface area (Å²) in [6.07, 6.45) is 2.33. The van der Waals surface area contributed by atoms with E-state index in [0.717, 1.165) is 5.75 Å². The average molecular weight is 621 g/mol. The maximum absolute atomic E-state index is 7.22. The first-order valence-electron chi connectivity index (χ1n) is 17.1. The number of fused-ring (bicyclic) bond motifs is 6. The molecule has 0 radical (unpaired) electrons. The van der Waals surface area contributed by atoms with Crippen molar-refractivity contribution >= 4 is 23.6 Å². The van der Waals surface area contributed by atoms with Crippen LogP contribution in [-0.4, -0.2) is 13.7 Å². The molecule has 1 saturated carbocycles. The van der Waals surface area contributed by atoms with Crippen LogP contribution in [0.1, 0.15) is 88.5 Å². The lowest BCUT2D eigenvalue weighted by Crippen LogP contribution is -2.70. The van der Waals surface area contributed by atoms with E-state index in [9.17, 15) is 0 Å². The Kier molecular flexibility index (Phi) is 7.64. The lowest BCUT2D eigenvalue weighted by Gasteiger charge is -2.42. The second kappa shape index (κ2) is 11.4. The predicted molar refractivity (Wildman–Crippen MR) is 198 cm³/mol. The van der Waals surface area contributed by atoms with Crippen molar-refractivity contribution in [3.05, 3.63) is 144 Å². The Bertz CT molecular complexity index is 1770. The molecular weight excluding hydrogens is 573 g/mol. The van der Waals surface area contributed by atoms with Crippen LogP contribution in [0.25, 0.3) is 11.1 Å². The van der Waals surface area contributed by atoms with E-state index in [2.05, 4.69) is 170 Å². The van der Waals surface area contributed by atoms with Gasteiger partial charge in [-0.1, -0.05) is 148 Å². The van der Waals surface area contributed by atoms with Gasteiger partial charge < -0.3 is 4.74 Å². The molecule has 2 unspecified atom stereocenters. The van der Waals surface area contributed by atoms with Crippen LogP contribution in [0.5, 0.6) is 5.75 Å². The van der Waals surface area contributed by atoms with Crippen molar-refractivity contribution in [3.8, 4) is 16.9 Å². The molecule has 2 aliphatic rings. The molecule has 1 nitrogen and oxygen atoms in total. The first-order chi connectivity index (χ1) is 22.0. The van der Waals surface area contributed by atoms with E-state index in [1.54, 1.807) is 0 Å². The van der Waals surface area contributed by atoms with Gasteiger partial charge in [-0.15, -0.1) is 0 Å². The highest BCUT2D eigenvalue weighted by atomic mass is 28.3. The van der Waals surface area contributed by atoms with E-state index in [1.807, 2.05) is 0 Å². The van der Waals surface area contributed by atoms with Gasteiger partial charge in [-0.2, -0.15) is 0 Å². The van der Waals surface area contributed by atoms with Crippen molar-refractivity contribution in [2.45, 2.75) is 89.7 Å². The molecule has 234 valence electrons. The highest BCUT2D eigenvalue weighted by Crippen LogP contribution is 2.60. The maximum Gasteiger partial charge on any atom is 0.156 e. The van der Waals surface area contributed by atoms with Crippen molar-refractivity contribution < 1.29 is 4.74 Å². The van der Waals surface area contributed by atoms with Crippen molar-refractivity contribution in [2.75, 3.05) is 0 Å². The van der Waals surface area contributed by atoms with Gasteiger partial charge in [-0.3, -0.25) is 0 Å². The van der Waals surface area contributed by atoms with Gasteiger partial charge in [0.2, 0.25) is 0 Å². The van der Waals surface area contributed by atoms with Crippen LogP contribution < -0.4 is 20.3 Å². The summed E-state index contributed by atoms with van der Waals surface area (Å²) in [5, 5.41) is 4.40. The summed E-state index contributed by atoms with van der Waals surface area (Å²) < 4.78 is 7.22. The number of rotatable bonds is 5. The van der Waals surface area contributed by atoms with Gasteiger partial charge in [0, 0.05) is 0 Å². The number of benzene rings is 5. The van der Waals surface area contributed by atoms with Crippen LogP contribution in [0.2, 0.25) is 5.54 Å². The summed E-state index contributed by atoms with van der Waals surface area (Å²) in [4.78, 5) is 0. The third kappa shape index (κ3) is 5.16. The van der Waals surface area contributed by atoms with Crippen LogP contribution in [0.15, 0.2) is 121 Å². The molecule has 46 heavy (non-hydrogen) atoms. The molecule has 2 aliphatic carbocycles. The topological polar surface area (TPSA) is 9.23 Å². The number of hydrogen-bond acceptors (Lipinski definition) is 1. The molecule has 5 aromatic carbocycles. The molecular formula is C44H48OSi. The zero-order chi connectivity index (χ0) is 32.3. The number of aryl methyl sites for hydroxylation is 1. The monoisotopic (exact) mass is 620 g/mol. The lowest BCUT2D eigenvalue weighted by atomic mass is 9.73. The molecule has 2 atom stereocenters. The van der Waals surface area contributed by atoms with Crippen LogP contribution >= 0.6 is 0 Å². The van der Waals surface area contributed by atoms with E-state index in [1.165, 1.54) is 61.8 Å². The van der Waals surface area contributed by atoms with Gasteiger partial charge in [0.25, 0.3) is 0 Å². The summed E-state index contributed by atoms with van der Waals surface area (Å²) in [5.41, 5.74) is 8.61. The second-order valence-corrected chi connectivity index (χ2v) is 19.9. The minimum atomic E-state index is -2.73. The minimum absolute atomic E-state index is 0.0730. The van der Waals surface area contributed by atoms with Crippen LogP contribution in [-0.2, 0) is 5.41 Å². The average Bonchev–Trinajstić information content (AvgIpc) is 3.49. The van der Waals surface area contributed by atoms with E-state index in [4.69, 9.17) is 4.74 Å².